The maximum absolute atomic E-state index is 12.6. The molecule has 0 aliphatic carbocycles. The van der Waals surface area contributed by atoms with E-state index in [4.69, 9.17) is 4.42 Å². The Kier molecular flexibility index (Phi) is 6.28. The van der Waals surface area contributed by atoms with Crippen molar-refractivity contribution in [2.45, 2.75) is 18.9 Å². The Morgan fingerprint density at radius 1 is 1.14 bits per heavy atom. The fraction of sp³-hybridized carbons (Fsp3) is 0.350. The van der Waals surface area contributed by atoms with Gasteiger partial charge in [0.1, 0.15) is 6.04 Å². The summed E-state index contributed by atoms with van der Waals surface area (Å²) in [6.07, 6.45) is 0.960. The van der Waals surface area contributed by atoms with Gasteiger partial charge < -0.3 is 14.6 Å². The van der Waals surface area contributed by atoms with Crippen LogP contribution in [0.25, 0.3) is 0 Å². The number of anilines is 1. The molecule has 1 fully saturated rings. The highest BCUT2D eigenvalue weighted by atomic mass is 32.2. The van der Waals surface area contributed by atoms with Crippen LogP contribution in [0, 0.1) is 0 Å². The van der Waals surface area contributed by atoms with Crippen molar-refractivity contribution in [1.82, 2.24) is 15.5 Å². The zero-order chi connectivity index (χ0) is 19.2. The summed E-state index contributed by atoms with van der Waals surface area (Å²) in [5.41, 5.74) is 1.11. The standard InChI is InChI=1S/C20H22N4O2S2/c25-18(14-16-7-4-10-28-16)21-17(13-15-5-2-1-3-6-15)19-22-23-20(26-19)24-8-11-27-12-9-24/h1-7,10,17H,8-9,11-14H2,(H,21,25). The SMILES string of the molecule is O=C(Cc1cccs1)NC(Cc1ccccc1)c1nnc(N2CCSCC2)o1. The van der Waals surface area contributed by atoms with Gasteiger partial charge in [0.15, 0.2) is 0 Å². The number of carbonyl (C=O) groups excluding carboxylic acids is 1. The Morgan fingerprint density at radius 3 is 2.71 bits per heavy atom. The lowest BCUT2D eigenvalue weighted by Crippen LogP contribution is -2.32. The molecule has 0 radical (unpaired) electrons. The molecule has 28 heavy (non-hydrogen) atoms. The molecule has 4 rings (SSSR count). The lowest BCUT2D eigenvalue weighted by atomic mass is 10.1. The van der Waals surface area contributed by atoms with Gasteiger partial charge in [-0.05, 0) is 17.0 Å². The largest absolute Gasteiger partial charge is 0.406 e. The third-order valence-electron chi connectivity index (χ3n) is 4.54. The molecule has 1 N–H and O–H groups in total. The normalized spacial score (nSPS) is 15.4. The molecule has 1 saturated heterocycles. The molecular weight excluding hydrogens is 392 g/mol. The fourth-order valence-corrected chi connectivity index (χ4v) is 4.72. The number of thiophene rings is 1. The lowest BCUT2D eigenvalue weighted by Gasteiger charge is -2.24. The number of hydrogen-bond acceptors (Lipinski definition) is 7. The quantitative estimate of drug-likeness (QED) is 0.639. The molecule has 0 bridgehead atoms. The summed E-state index contributed by atoms with van der Waals surface area (Å²) in [5.74, 6) is 2.53. The molecule has 3 aromatic rings. The average Bonchev–Trinajstić information content (AvgIpc) is 3.41. The highest BCUT2D eigenvalue weighted by Crippen LogP contribution is 2.23. The van der Waals surface area contributed by atoms with E-state index < -0.39 is 0 Å². The molecule has 1 amide bonds. The lowest BCUT2D eigenvalue weighted by molar-refractivity contribution is -0.121. The van der Waals surface area contributed by atoms with Crippen molar-refractivity contribution in [3.63, 3.8) is 0 Å². The average molecular weight is 415 g/mol. The number of thioether (sulfide) groups is 1. The predicted octanol–water partition coefficient (Wildman–Crippen LogP) is 3.33. The first-order chi connectivity index (χ1) is 13.8. The minimum Gasteiger partial charge on any atom is -0.406 e. The number of carbonyl (C=O) groups is 1. The topological polar surface area (TPSA) is 71.3 Å². The number of nitrogens with one attached hydrogen (secondary N) is 1. The van der Waals surface area contributed by atoms with Crippen LogP contribution in [-0.4, -0.2) is 40.7 Å². The van der Waals surface area contributed by atoms with E-state index in [1.54, 1.807) is 11.3 Å². The van der Waals surface area contributed by atoms with Gasteiger partial charge in [0.25, 0.3) is 0 Å². The number of amides is 1. The van der Waals surface area contributed by atoms with Crippen LogP contribution >= 0.6 is 23.1 Å². The number of nitrogens with zero attached hydrogens (tertiary/aromatic N) is 3. The van der Waals surface area contributed by atoms with Crippen LogP contribution in [0.1, 0.15) is 22.4 Å². The summed E-state index contributed by atoms with van der Waals surface area (Å²) in [6, 6.07) is 14.2. The zero-order valence-corrected chi connectivity index (χ0v) is 17.0. The summed E-state index contributed by atoms with van der Waals surface area (Å²) < 4.78 is 5.98. The third-order valence-corrected chi connectivity index (χ3v) is 6.36. The Hall–Kier alpha value is -2.32. The van der Waals surface area contributed by atoms with Crippen molar-refractivity contribution >= 4 is 35.0 Å². The monoisotopic (exact) mass is 414 g/mol. The molecule has 1 aliphatic rings. The molecule has 8 heteroatoms. The molecule has 1 unspecified atom stereocenters. The molecule has 1 aliphatic heterocycles. The number of aromatic nitrogens is 2. The molecule has 2 aromatic heterocycles. The van der Waals surface area contributed by atoms with Gasteiger partial charge in [-0.3, -0.25) is 4.79 Å². The van der Waals surface area contributed by atoms with Crippen LogP contribution in [0.15, 0.2) is 52.3 Å². The van der Waals surface area contributed by atoms with Gasteiger partial charge in [0, 0.05) is 35.9 Å². The summed E-state index contributed by atoms with van der Waals surface area (Å²) in [7, 11) is 0. The first kappa shape index (κ1) is 19.0. The first-order valence-electron chi connectivity index (χ1n) is 9.30. The molecule has 0 saturated carbocycles. The Bertz CT molecular complexity index is 877. The van der Waals surface area contributed by atoms with Crippen LogP contribution in [0.3, 0.4) is 0 Å². The van der Waals surface area contributed by atoms with E-state index >= 15 is 0 Å². The minimum absolute atomic E-state index is 0.0440. The van der Waals surface area contributed by atoms with Crippen molar-refractivity contribution in [1.29, 1.82) is 0 Å². The maximum atomic E-state index is 12.6. The summed E-state index contributed by atoms with van der Waals surface area (Å²) >= 11 is 3.51. The van der Waals surface area contributed by atoms with Crippen LogP contribution < -0.4 is 10.2 Å². The Balaban J connectivity index is 1.50. The van der Waals surface area contributed by atoms with Gasteiger partial charge in [-0.15, -0.1) is 16.4 Å². The van der Waals surface area contributed by atoms with Crippen molar-refractivity contribution < 1.29 is 9.21 Å². The Morgan fingerprint density at radius 2 is 1.96 bits per heavy atom. The number of benzene rings is 1. The van der Waals surface area contributed by atoms with Crippen molar-refractivity contribution in [2.24, 2.45) is 0 Å². The predicted molar refractivity (Wildman–Crippen MR) is 113 cm³/mol. The Labute approximate surface area is 172 Å². The summed E-state index contributed by atoms with van der Waals surface area (Å²) in [6.45, 7) is 1.81. The van der Waals surface area contributed by atoms with Gasteiger partial charge in [-0.1, -0.05) is 41.5 Å². The number of rotatable bonds is 7. The zero-order valence-electron chi connectivity index (χ0n) is 15.4. The highest BCUT2D eigenvalue weighted by Gasteiger charge is 2.24. The van der Waals surface area contributed by atoms with Crippen LogP contribution in [0.2, 0.25) is 0 Å². The second-order valence-corrected chi connectivity index (χ2v) is 8.85. The van der Waals surface area contributed by atoms with Gasteiger partial charge in [0.2, 0.25) is 11.8 Å². The van der Waals surface area contributed by atoms with Crippen molar-refractivity contribution in [3.05, 3.63) is 64.2 Å². The van der Waals surface area contributed by atoms with E-state index in [9.17, 15) is 4.79 Å². The molecule has 146 valence electrons. The maximum Gasteiger partial charge on any atom is 0.318 e. The molecule has 3 heterocycles. The second-order valence-electron chi connectivity index (χ2n) is 6.59. The third kappa shape index (κ3) is 4.94. The van der Waals surface area contributed by atoms with E-state index in [1.807, 2.05) is 59.6 Å². The van der Waals surface area contributed by atoms with Gasteiger partial charge in [-0.2, -0.15) is 11.8 Å². The van der Waals surface area contributed by atoms with E-state index in [2.05, 4.69) is 20.4 Å². The second kappa shape index (κ2) is 9.25. The van der Waals surface area contributed by atoms with E-state index in [1.165, 1.54) is 0 Å². The van der Waals surface area contributed by atoms with Crippen molar-refractivity contribution in [3.8, 4) is 0 Å². The van der Waals surface area contributed by atoms with E-state index in [0.29, 0.717) is 24.7 Å². The minimum atomic E-state index is -0.352. The van der Waals surface area contributed by atoms with Crippen LogP contribution in [-0.2, 0) is 17.6 Å². The molecular formula is C20H22N4O2S2. The molecule has 0 spiro atoms. The number of hydrogen-bond donors (Lipinski definition) is 1. The highest BCUT2D eigenvalue weighted by molar-refractivity contribution is 7.99. The molecule has 1 atom stereocenters. The van der Waals surface area contributed by atoms with Crippen LogP contribution in [0.4, 0.5) is 6.01 Å². The van der Waals surface area contributed by atoms with E-state index in [0.717, 1.165) is 35.0 Å². The van der Waals surface area contributed by atoms with Gasteiger partial charge >= 0.3 is 6.01 Å². The fourth-order valence-electron chi connectivity index (χ4n) is 3.12. The van der Waals surface area contributed by atoms with Crippen molar-refractivity contribution in [2.75, 3.05) is 29.5 Å². The molecule has 1 aromatic carbocycles. The summed E-state index contributed by atoms with van der Waals surface area (Å²) in [5, 5.41) is 13.6. The molecule has 6 nitrogen and oxygen atoms in total. The van der Waals surface area contributed by atoms with Gasteiger partial charge in [0.05, 0.1) is 6.42 Å². The first-order valence-corrected chi connectivity index (χ1v) is 11.3. The summed E-state index contributed by atoms with van der Waals surface area (Å²) in [4.78, 5) is 15.7. The smallest absolute Gasteiger partial charge is 0.318 e. The van der Waals surface area contributed by atoms with Crippen LogP contribution in [0.5, 0.6) is 0 Å². The van der Waals surface area contributed by atoms with Gasteiger partial charge in [-0.25, -0.2) is 0 Å². The van der Waals surface area contributed by atoms with E-state index in [-0.39, 0.29) is 11.9 Å².